The van der Waals surface area contributed by atoms with Crippen LogP contribution >= 0.6 is 0 Å². The molecule has 0 aliphatic rings. The Balaban J connectivity index is 1.68. The van der Waals surface area contributed by atoms with E-state index in [2.05, 4.69) is 34.9 Å². The number of methoxy groups -OCH3 is 1. The number of carbonyl (C=O) groups excluding carboxylic acids is 1. The Bertz CT molecular complexity index is 1090. The maximum Gasteiger partial charge on any atom is 0.246 e. The Morgan fingerprint density at radius 3 is 1.75 bits per heavy atom. The van der Waals surface area contributed by atoms with Crippen LogP contribution in [0.1, 0.15) is 28.8 Å². The molecule has 4 aromatic carbocycles. The summed E-state index contributed by atoms with van der Waals surface area (Å²) in [6.45, 7) is 0. The van der Waals surface area contributed by atoms with Crippen molar-refractivity contribution in [3.05, 3.63) is 132 Å². The fraction of sp³-hybridized carbons (Fsp3) is 0.107. The molecule has 2 N–H and O–H groups in total. The van der Waals surface area contributed by atoms with E-state index in [9.17, 15) is 4.79 Å². The number of amides is 1. The lowest BCUT2D eigenvalue weighted by Crippen LogP contribution is -2.36. The zero-order valence-electron chi connectivity index (χ0n) is 17.9. The molecule has 4 nitrogen and oxygen atoms in total. The van der Waals surface area contributed by atoms with Crippen LogP contribution in [0.25, 0.3) is 0 Å². The summed E-state index contributed by atoms with van der Waals surface area (Å²) in [6.07, 6.45) is 0. The minimum absolute atomic E-state index is 0.138. The minimum atomic E-state index is -0.562. The van der Waals surface area contributed by atoms with E-state index in [0.717, 1.165) is 16.7 Å². The molecule has 0 saturated heterocycles. The summed E-state index contributed by atoms with van der Waals surface area (Å²) in [5.41, 5.74) is 3.76. The van der Waals surface area contributed by atoms with Crippen molar-refractivity contribution in [2.24, 2.45) is 0 Å². The van der Waals surface area contributed by atoms with Crippen molar-refractivity contribution in [1.29, 1.82) is 0 Å². The predicted molar refractivity (Wildman–Crippen MR) is 129 cm³/mol. The first-order valence-electron chi connectivity index (χ1n) is 10.6. The Hall–Kier alpha value is -3.89. The zero-order chi connectivity index (χ0) is 22.2. The molecule has 0 saturated carbocycles. The maximum absolute atomic E-state index is 13.5. The second-order valence-electron chi connectivity index (χ2n) is 7.49. The molecule has 0 aromatic heterocycles. The van der Waals surface area contributed by atoms with Crippen LogP contribution in [0.5, 0.6) is 5.75 Å². The van der Waals surface area contributed by atoms with Crippen LogP contribution in [-0.2, 0) is 4.79 Å². The van der Waals surface area contributed by atoms with Crippen molar-refractivity contribution in [3.8, 4) is 5.75 Å². The second kappa shape index (κ2) is 10.4. The number of carbonyl (C=O) groups is 1. The Morgan fingerprint density at radius 1 is 0.688 bits per heavy atom. The normalized spacial score (nSPS) is 11.7. The highest BCUT2D eigenvalue weighted by Gasteiger charge is 2.26. The summed E-state index contributed by atoms with van der Waals surface area (Å²) in [5, 5.41) is 6.65. The molecule has 160 valence electrons. The van der Waals surface area contributed by atoms with Crippen molar-refractivity contribution >= 4 is 11.6 Å². The maximum atomic E-state index is 13.5. The number of benzene rings is 4. The van der Waals surface area contributed by atoms with Crippen molar-refractivity contribution in [1.82, 2.24) is 5.32 Å². The van der Waals surface area contributed by atoms with Crippen LogP contribution < -0.4 is 15.4 Å². The molecule has 1 amide bonds. The first-order valence-corrected chi connectivity index (χ1v) is 10.6. The van der Waals surface area contributed by atoms with E-state index in [-0.39, 0.29) is 11.9 Å². The van der Waals surface area contributed by atoms with Crippen molar-refractivity contribution in [2.45, 2.75) is 12.1 Å². The molecule has 0 aliphatic heterocycles. The first kappa shape index (κ1) is 21.3. The molecule has 0 unspecified atom stereocenters. The third-order valence-electron chi connectivity index (χ3n) is 5.33. The SMILES string of the molecule is COc1cccc(NC(=O)[C@@H](NC(c2ccccc2)c2ccccc2)c2ccccc2)c1. The van der Waals surface area contributed by atoms with Gasteiger partial charge in [-0.1, -0.05) is 97.1 Å². The third kappa shape index (κ3) is 5.23. The summed E-state index contributed by atoms with van der Waals surface area (Å²) in [7, 11) is 1.61. The summed E-state index contributed by atoms with van der Waals surface area (Å²) < 4.78 is 5.29. The van der Waals surface area contributed by atoms with E-state index in [1.165, 1.54) is 0 Å². The fourth-order valence-electron chi connectivity index (χ4n) is 3.73. The summed E-state index contributed by atoms with van der Waals surface area (Å²) >= 11 is 0. The molecule has 0 fully saturated rings. The van der Waals surface area contributed by atoms with E-state index >= 15 is 0 Å². The average molecular weight is 423 g/mol. The van der Waals surface area contributed by atoms with Gasteiger partial charge in [0.05, 0.1) is 13.2 Å². The van der Waals surface area contributed by atoms with Crippen LogP contribution in [0.15, 0.2) is 115 Å². The van der Waals surface area contributed by atoms with E-state index in [4.69, 9.17) is 4.74 Å². The molecule has 1 atom stereocenters. The van der Waals surface area contributed by atoms with Gasteiger partial charge in [-0.25, -0.2) is 0 Å². The summed E-state index contributed by atoms with van der Waals surface area (Å²) in [6, 6.07) is 36.8. The van der Waals surface area contributed by atoms with Gasteiger partial charge in [0.1, 0.15) is 11.8 Å². The van der Waals surface area contributed by atoms with Crippen molar-refractivity contribution in [3.63, 3.8) is 0 Å². The first-order chi connectivity index (χ1) is 15.7. The highest BCUT2D eigenvalue weighted by Crippen LogP contribution is 2.27. The third-order valence-corrected chi connectivity index (χ3v) is 5.33. The van der Waals surface area contributed by atoms with E-state index < -0.39 is 6.04 Å². The van der Waals surface area contributed by atoms with Gasteiger partial charge in [0.25, 0.3) is 0 Å². The van der Waals surface area contributed by atoms with Crippen LogP contribution in [0.3, 0.4) is 0 Å². The minimum Gasteiger partial charge on any atom is -0.497 e. The molecule has 4 rings (SSSR count). The molecular formula is C28H26N2O2. The molecule has 0 aliphatic carbocycles. The lowest BCUT2D eigenvalue weighted by atomic mass is 9.96. The van der Waals surface area contributed by atoms with Crippen LogP contribution in [0, 0.1) is 0 Å². The average Bonchev–Trinajstić information content (AvgIpc) is 2.86. The Labute approximate surface area is 188 Å². The van der Waals surface area contributed by atoms with E-state index in [1.807, 2.05) is 91.0 Å². The summed E-state index contributed by atoms with van der Waals surface area (Å²) in [5.74, 6) is 0.555. The highest BCUT2D eigenvalue weighted by atomic mass is 16.5. The van der Waals surface area contributed by atoms with E-state index in [0.29, 0.717) is 11.4 Å². The molecule has 0 bridgehead atoms. The van der Waals surface area contributed by atoms with Crippen LogP contribution in [0.2, 0.25) is 0 Å². The number of nitrogens with one attached hydrogen (secondary N) is 2. The van der Waals surface area contributed by atoms with Gasteiger partial charge < -0.3 is 10.1 Å². The standard InChI is InChI=1S/C28H26N2O2/c1-32-25-19-11-18-24(20-25)29-28(31)27(23-16-9-4-10-17-23)30-26(21-12-5-2-6-13-21)22-14-7-3-8-15-22/h2-20,26-27,30H,1H3,(H,29,31)/t27-/m0/s1. The van der Waals surface area contributed by atoms with Gasteiger partial charge in [-0.2, -0.15) is 0 Å². The van der Waals surface area contributed by atoms with Crippen molar-refractivity contribution in [2.75, 3.05) is 12.4 Å². The fourth-order valence-corrected chi connectivity index (χ4v) is 3.73. The van der Waals surface area contributed by atoms with E-state index in [1.54, 1.807) is 7.11 Å². The smallest absolute Gasteiger partial charge is 0.246 e. The number of ether oxygens (including phenoxy) is 1. The lowest BCUT2D eigenvalue weighted by Gasteiger charge is -2.26. The number of hydrogen-bond donors (Lipinski definition) is 2. The zero-order valence-corrected chi connectivity index (χ0v) is 17.9. The monoisotopic (exact) mass is 422 g/mol. The van der Waals surface area contributed by atoms with Gasteiger partial charge in [0.2, 0.25) is 5.91 Å². The van der Waals surface area contributed by atoms with Crippen LogP contribution in [-0.4, -0.2) is 13.0 Å². The topological polar surface area (TPSA) is 50.4 Å². The highest BCUT2D eigenvalue weighted by molar-refractivity contribution is 5.95. The van der Waals surface area contributed by atoms with Gasteiger partial charge in [0.15, 0.2) is 0 Å². The quantitative estimate of drug-likeness (QED) is 0.380. The van der Waals surface area contributed by atoms with Crippen LogP contribution in [0.4, 0.5) is 5.69 Å². The second-order valence-corrected chi connectivity index (χ2v) is 7.49. The number of rotatable bonds is 8. The van der Waals surface area contributed by atoms with Gasteiger partial charge in [-0.15, -0.1) is 0 Å². The number of hydrogen-bond acceptors (Lipinski definition) is 3. The molecule has 4 heteroatoms. The predicted octanol–water partition coefficient (Wildman–Crippen LogP) is 5.75. The number of anilines is 1. The lowest BCUT2D eigenvalue weighted by molar-refractivity contribution is -0.118. The molecular weight excluding hydrogens is 396 g/mol. The molecule has 0 spiro atoms. The Kier molecular flexibility index (Phi) is 6.95. The Morgan fingerprint density at radius 2 is 1.22 bits per heavy atom. The summed E-state index contributed by atoms with van der Waals surface area (Å²) in [4.78, 5) is 13.5. The van der Waals surface area contributed by atoms with Gasteiger partial charge in [0, 0.05) is 11.8 Å². The molecule has 4 aromatic rings. The molecule has 0 heterocycles. The van der Waals surface area contributed by atoms with Gasteiger partial charge >= 0.3 is 0 Å². The van der Waals surface area contributed by atoms with Gasteiger partial charge in [-0.3, -0.25) is 10.1 Å². The molecule has 32 heavy (non-hydrogen) atoms. The van der Waals surface area contributed by atoms with Gasteiger partial charge in [-0.05, 0) is 28.8 Å². The largest absolute Gasteiger partial charge is 0.497 e. The molecule has 0 radical (unpaired) electrons. The van der Waals surface area contributed by atoms with Crippen molar-refractivity contribution < 1.29 is 9.53 Å².